The van der Waals surface area contributed by atoms with Crippen molar-refractivity contribution in [2.75, 3.05) is 22.5 Å². The zero-order chi connectivity index (χ0) is 17.7. The summed E-state index contributed by atoms with van der Waals surface area (Å²) in [5, 5.41) is 10.7. The highest BCUT2D eigenvalue weighted by atomic mass is 16.2. The van der Waals surface area contributed by atoms with Gasteiger partial charge in [-0.15, -0.1) is 0 Å². The van der Waals surface area contributed by atoms with Gasteiger partial charge in [0.1, 0.15) is 11.5 Å². The fourth-order valence-electron chi connectivity index (χ4n) is 4.08. The predicted molar refractivity (Wildman–Crippen MR) is 104 cm³/mol. The van der Waals surface area contributed by atoms with Gasteiger partial charge in [0.05, 0.1) is 17.9 Å². The smallest absolute Gasteiger partial charge is 0.243 e. The highest BCUT2D eigenvalue weighted by molar-refractivity contribution is 6.01. The van der Waals surface area contributed by atoms with E-state index in [2.05, 4.69) is 33.6 Å². The third kappa shape index (κ3) is 2.41. The summed E-state index contributed by atoms with van der Waals surface area (Å²) in [5.74, 6) is 0.813. The molecule has 5 rings (SSSR count). The van der Waals surface area contributed by atoms with Crippen LogP contribution in [-0.2, 0) is 24.7 Å². The number of benzene rings is 1. The first-order valence-corrected chi connectivity index (χ1v) is 9.11. The van der Waals surface area contributed by atoms with E-state index in [0.717, 1.165) is 41.4 Å². The highest BCUT2D eigenvalue weighted by Gasteiger charge is 2.19. The molecule has 2 aromatic heterocycles. The third-order valence-electron chi connectivity index (χ3n) is 5.37. The minimum atomic E-state index is -0.0157. The van der Waals surface area contributed by atoms with E-state index in [1.165, 1.54) is 29.5 Å². The summed E-state index contributed by atoms with van der Waals surface area (Å²) in [7, 11) is 2.12. The zero-order valence-corrected chi connectivity index (χ0v) is 14.7. The van der Waals surface area contributed by atoms with Crippen LogP contribution in [0, 0.1) is 0 Å². The maximum absolute atomic E-state index is 11.4. The number of aryl methyl sites for hydroxylation is 2. The van der Waals surface area contributed by atoms with E-state index in [-0.39, 0.29) is 5.91 Å². The van der Waals surface area contributed by atoms with Crippen molar-refractivity contribution in [3.63, 3.8) is 0 Å². The monoisotopic (exact) mass is 347 g/mol. The van der Waals surface area contributed by atoms with E-state index in [0.29, 0.717) is 6.54 Å². The number of nitrogens with one attached hydrogen (secondary N) is 3. The molecule has 0 atom stereocenters. The molecule has 0 spiro atoms. The molecule has 0 unspecified atom stereocenters. The number of nitrogens with zero attached hydrogens (tertiary/aromatic N) is 2. The largest absolute Gasteiger partial charge is 0.374 e. The predicted octanol–water partition coefficient (Wildman–Crippen LogP) is 3.56. The maximum atomic E-state index is 11.4. The van der Waals surface area contributed by atoms with E-state index in [1.54, 1.807) is 0 Å². The van der Waals surface area contributed by atoms with Crippen molar-refractivity contribution in [2.45, 2.75) is 25.7 Å². The van der Waals surface area contributed by atoms with Gasteiger partial charge in [-0.2, -0.15) is 0 Å². The van der Waals surface area contributed by atoms with Crippen LogP contribution in [0.5, 0.6) is 0 Å². The SMILES string of the molecule is Cn1c2c(c3ccc(Nc4ccc5c(c4)NCC(=O)N5)nc31)CCCC2. The number of hydrogen-bond donors (Lipinski definition) is 3. The molecular weight excluding hydrogens is 326 g/mol. The second-order valence-corrected chi connectivity index (χ2v) is 7.05. The van der Waals surface area contributed by atoms with Crippen molar-refractivity contribution in [3.8, 4) is 0 Å². The number of carbonyl (C=O) groups excluding carboxylic acids is 1. The topological polar surface area (TPSA) is 71.0 Å². The molecule has 26 heavy (non-hydrogen) atoms. The lowest BCUT2D eigenvalue weighted by molar-refractivity contribution is -0.114. The molecule has 0 saturated heterocycles. The molecule has 1 aromatic carbocycles. The van der Waals surface area contributed by atoms with Gasteiger partial charge in [0.15, 0.2) is 0 Å². The molecule has 1 aliphatic carbocycles. The Morgan fingerprint density at radius 2 is 2.00 bits per heavy atom. The van der Waals surface area contributed by atoms with Crippen LogP contribution >= 0.6 is 0 Å². The number of pyridine rings is 1. The van der Waals surface area contributed by atoms with Crippen LogP contribution in [0.3, 0.4) is 0 Å². The van der Waals surface area contributed by atoms with Gasteiger partial charge in [-0.1, -0.05) is 0 Å². The first-order chi connectivity index (χ1) is 12.7. The highest BCUT2D eigenvalue weighted by Crippen LogP contribution is 2.33. The first-order valence-electron chi connectivity index (χ1n) is 9.11. The summed E-state index contributed by atoms with van der Waals surface area (Å²) in [5.41, 5.74) is 6.63. The molecule has 1 amide bonds. The summed E-state index contributed by atoms with van der Waals surface area (Å²) in [6.45, 7) is 0.301. The lowest BCUT2D eigenvalue weighted by Gasteiger charge is -2.19. The third-order valence-corrected chi connectivity index (χ3v) is 5.37. The summed E-state index contributed by atoms with van der Waals surface area (Å²) in [6.07, 6.45) is 4.84. The Balaban J connectivity index is 1.48. The average molecular weight is 347 g/mol. The first kappa shape index (κ1) is 15.3. The van der Waals surface area contributed by atoms with Gasteiger partial charge in [0.25, 0.3) is 0 Å². The number of fused-ring (bicyclic) bond motifs is 4. The van der Waals surface area contributed by atoms with Crippen LogP contribution in [-0.4, -0.2) is 22.0 Å². The molecule has 132 valence electrons. The maximum Gasteiger partial charge on any atom is 0.243 e. The van der Waals surface area contributed by atoms with E-state index < -0.39 is 0 Å². The lowest BCUT2D eigenvalue weighted by Crippen LogP contribution is -2.27. The standard InChI is InChI=1S/C20H21N5O/c1-25-17-5-3-2-4-13(17)14-7-9-18(24-20(14)25)22-12-6-8-15-16(10-12)21-11-19(26)23-15/h6-10,21H,2-5,11H2,1H3,(H,22,24)(H,23,26). The fourth-order valence-corrected chi connectivity index (χ4v) is 4.08. The van der Waals surface area contributed by atoms with Gasteiger partial charge in [0.2, 0.25) is 5.91 Å². The number of hydrogen-bond acceptors (Lipinski definition) is 4. The van der Waals surface area contributed by atoms with Gasteiger partial charge in [-0.3, -0.25) is 4.79 Å². The second-order valence-electron chi connectivity index (χ2n) is 7.05. The van der Waals surface area contributed by atoms with Crippen LogP contribution in [0.4, 0.5) is 22.9 Å². The number of amides is 1. The van der Waals surface area contributed by atoms with Gasteiger partial charge in [-0.25, -0.2) is 4.98 Å². The molecule has 1 aliphatic heterocycles. The van der Waals surface area contributed by atoms with Crippen molar-refractivity contribution in [3.05, 3.63) is 41.6 Å². The van der Waals surface area contributed by atoms with Crippen LogP contribution in [0.1, 0.15) is 24.1 Å². The number of carbonyl (C=O) groups is 1. The summed E-state index contributed by atoms with van der Waals surface area (Å²) in [6, 6.07) is 10.1. The average Bonchev–Trinajstić information content (AvgIpc) is 2.94. The van der Waals surface area contributed by atoms with E-state index >= 15 is 0 Å². The Morgan fingerprint density at radius 3 is 2.92 bits per heavy atom. The summed E-state index contributed by atoms with van der Waals surface area (Å²) in [4.78, 5) is 16.3. The Morgan fingerprint density at radius 1 is 1.12 bits per heavy atom. The van der Waals surface area contributed by atoms with E-state index in [1.807, 2.05) is 24.3 Å². The quantitative estimate of drug-likeness (QED) is 0.663. The minimum Gasteiger partial charge on any atom is -0.374 e. The van der Waals surface area contributed by atoms with Crippen LogP contribution in [0.15, 0.2) is 30.3 Å². The molecule has 0 radical (unpaired) electrons. The normalized spacial score (nSPS) is 15.8. The van der Waals surface area contributed by atoms with Gasteiger partial charge >= 0.3 is 0 Å². The Hall–Kier alpha value is -3.02. The molecule has 2 aliphatic rings. The zero-order valence-electron chi connectivity index (χ0n) is 14.7. The minimum absolute atomic E-state index is 0.0157. The van der Waals surface area contributed by atoms with Crippen LogP contribution < -0.4 is 16.0 Å². The van der Waals surface area contributed by atoms with Crippen molar-refractivity contribution in [2.24, 2.45) is 7.05 Å². The molecule has 3 N–H and O–H groups in total. The van der Waals surface area contributed by atoms with Crippen molar-refractivity contribution < 1.29 is 4.79 Å². The molecule has 0 bridgehead atoms. The number of anilines is 4. The van der Waals surface area contributed by atoms with Gasteiger partial charge in [-0.05, 0) is 61.6 Å². The van der Waals surface area contributed by atoms with Crippen LogP contribution in [0.2, 0.25) is 0 Å². The number of aromatic nitrogens is 2. The molecular formula is C20H21N5O. The van der Waals surface area contributed by atoms with Crippen molar-refractivity contribution in [1.82, 2.24) is 9.55 Å². The fraction of sp³-hybridized carbons (Fsp3) is 0.300. The molecule has 6 nitrogen and oxygen atoms in total. The van der Waals surface area contributed by atoms with Gasteiger partial charge in [0, 0.05) is 23.8 Å². The van der Waals surface area contributed by atoms with E-state index in [9.17, 15) is 4.79 Å². The van der Waals surface area contributed by atoms with Crippen molar-refractivity contribution in [1.29, 1.82) is 0 Å². The Bertz CT molecular complexity index is 1040. The Labute approximate surface area is 151 Å². The van der Waals surface area contributed by atoms with Crippen molar-refractivity contribution >= 4 is 39.8 Å². The molecule has 0 saturated carbocycles. The molecule has 6 heteroatoms. The summed E-state index contributed by atoms with van der Waals surface area (Å²) >= 11 is 0. The van der Waals surface area contributed by atoms with Crippen LogP contribution in [0.25, 0.3) is 11.0 Å². The Kier molecular flexibility index (Phi) is 3.38. The molecule has 3 aromatic rings. The summed E-state index contributed by atoms with van der Waals surface area (Å²) < 4.78 is 2.25. The van der Waals surface area contributed by atoms with E-state index in [4.69, 9.17) is 4.98 Å². The van der Waals surface area contributed by atoms with Gasteiger partial charge < -0.3 is 20.5 Å². The number of rotatable bonds is 2. The molecule has 3 heterocycles. The lowest BCUT2D eigenvalue weighted by atomic mass is 9.96. The second kappa shape index (κ2) is 5.76. The molecule has 0 fully saturated rings.